The molecule has 2 heterocycles. The molecule has 0 saturated carbocycles. The van der Waals surface area contributed by atoms with Gasteiger partial charge in [-0.05, 0) is 49.9 Å². The minimum absolute atomic E-state index is 0.00836. The molecule has 4 nitrogen and oxygen atoms in total. The van der Waals surface area contributed by atoms with E-state index < -0.39 is 0 Å². The third-order valence-corrected chi connectivity index (χ3v) is 5.44. The molecule has 1 amide bonds. The molecule has 0 aromatic heterocycles. The first-order valence-electron chi connectivity index (χ1n) is 7.82. The third-order valence-electron chi connectivity index (χ3n) is 5.44. The predicted octanol–water partition coefficient (Wildman–Crippen LogP) is 2.41. The van der Waals surface area contributed by atoms with Gasteiger partial charge in [0.15, 0.2) is 0 Å². The second-order valence-corrected chi connectivity index (χ2v) is 6.40. The van der Waals surface area contributed by atoms with Gasteiger partial charge in [-0.1, -0.05) is 12.1 Å². The fourth-order valence-electron chi connectivity index (χ4n) is 4.16. The van der Waals surface area contributed by atoms with E-state index in [9.17, 15) is 9.18 Å². The van der Waals surface area contributed by atoms with Crippen molar-refractivity contribution < 1.29 is 14.0 Å². The van der Waals surface area contributed by atoms with Gasteiger partial charge in [-0.25, -0.2) is 9.45 Å². The Morgan fingerprint density at radius 1 is 1.32 bits per heavy atom. The van der Waals surface area contributed by atoms with Crippen molar-refractivity contribution in [3.8, 4) is 0 Å². The molecular formula is C17H23FN2O2. The van der Waals surface area contributed by atoms with E-state index in [4.69, 9.17) is 4.84 Å². The Labute approximate surface area is 130 Å². The van der Waals surface area contributed by atoms with Crippen molar-refractivity contribution in [2.75, 3.05) is 21.2 Å². The number of benzene rings is 1. The normalized spacial score (nSPS) is 31.3. The van der Waals surface area contributed by atoms with Gasteiger partial charge in [0.2, 0.25) is 0 Å². The van der Waals surface area contributed by atoms with Gasteiger partial charge < -0.3 is 0 Å². The summed E-state index contributed by atoms with van der Waals surface area (Å²) < 4.78 is 13.2. The molecular weight excluding hydrogens is 283 g/mol. The average molecular weight is 306 g/mol. The maximum atomic E-state index is 13.2. The van der Waals surface area contributed by atoms with Crippen LogP contribution in [0.1, 0.15) is 30.7 Å². The van der Waals surface area contributed by atoms with Crippen LogP contribution in [0.3, 0.4) is 0 Å². The fraction of sp³-hybridized carbons (Fsp3) is 0.588. The number of carbonyl (C=O) groups is 1. The summed E-state index contributed by atoms with van der Waals surface area (Å²) in [5.74, 6) is -0.246. The number of hydroxylamine groups is 2. The maximum Gasteiger partial charge on any atom is 0.251 e. The Kier molecular flexibility index (Phi) is 4.19. The van der Waals surface area contributed by atoms with Crippen molar-refractivity contribution in [2.45, 2.75) is 37.3 Å². The third kappa shape index (κ3) is 2.52. The maximum absolute atomic E-state index is 13.2. The molecule has 1 aromatic rings. The number of hydrogen-bond acceptors (Lipinski definition) is 3. The zero-order valence-electron chi connectivity index (χ0n) is 13.3. The lowest BCUT2D eigenvalue weighted by Gasteiger charge is -2.43. The van der Waals surface area contributed by atoms with Crippen molar-refractivity contribution in [1.29, 1.82) is 0 Å². The molecule has 1 aromatic carbocycles. The summed E-state index contributed by atoms with van der Waals surface area (Å²) in [7, 11) is 5.27. The molecule has 0 unspecified atom stereocenters. The van der Waals surface area contributed by atoms with Gasteiger partial charge in [0.05, 0.1) is 13.0 Å². The zero-order chi connectivity index (χ0) is 15.9. The molecule has 5 heteroatoms. The van der Waals surface area contributed by atoms with Gasteiger partial charge in [-0.3, -0.25) is 14.5 Å². The Morgan fingerprint density at radius 3 is 2.64 bits per heavy atom. The standard InChI is InChI=1S/C17H23FN2O2/c1-19-13-8-9-15(19)16(17(21)20(2)22-3)14(10-13)11-4-6-12(18)7-5-11/h4-7,13-16H,8-10H2,1-3H3/t13-,14+,15+,16-/m0/s1. The highest BCUT2D eigenvalue weighted by Gasteiger charge is 2.49. The van der Waals surface area contributed by atoms with E-state index in [0.717, 1.165) is 24.8 Å². The van der Waals surface area contributed by atoms with Crippen LogP contribution in [0, 0.1) is 11.7 Å². The van der Waals surface area contributed by atoms with Gasteiger partial charge in [-0.15, -0.1) is 0 Å². The molecule has 2 aliphatic heterocycles. The highest BCUT2D eigenvalue weighted by atomic mass is 19.1. The first kappa shape index (κ1) is 15.4. The Balaban J connectivity index is 1.95. The van der Waals surface area contributed by atoms with Crippen molar-refractivity contribution >= 4 is 5.91 Å². The minimum Gasteiger partial charge on any atom is -0.300 e. The predicted molar refractivity (Wildman–Crippen MR) is 81.6 cm³/mol. The van der Waals surface area contributed by atoms with Crippen LogP contribution in [0.15, 0.2) is 24.3 Å². The molecule has 4 atom stereocenters. The highest BCUT2D eigenvalue weighted by Crippen LogP contribution is 2.46. The van der Waals surface area contributed by atoms with Gasteiger partial charge in [-0.2, -0.15) is 0 Å². The number of amides is 1. The van der Waals surface area contributed by atoms with Crippen LogP contribution in [0.25, 0.3) is 0 Å². The minimum atomic E-state index is -0.239. The number of rotatable bonds is 3. The largest absolute Gasteiger partial charge is 0.300 e. The molecule has 2 bridgehead atoms. The number of nitrogens with zero attached hydrogens (tertiary/aromatic N) is 2. The Bertz CT molecular complexity index is 548. The molecule has 120 valence electrons. The van der Waals surface area contributed by atoms with Gasteiger partial charge in [0.25, 0.3) is 5.91 Å². The van der Waals surface area contributed by atoms with Crippen LogP contribution in [0.2, 0.25) is 0 Å². The van der Waals surface area contributed by atoms with Gasteiger partial charge in [0.1, 0.15) is 5.82 Å². The first-order chi connectivity index (χ1) is 10.5. The number of carbonyl (C=O) groups excluding carboxylic acids is 1. The Hall–Kier alpha value is -1.46. The van der Waals surface area contributed by atoms with Crippen LogP contribution in [0.4, 0.5) is 4.39 Å². The van der Waals surface area contributed by atoms with E-state index in [-0.39, 0.29) is 29.6 Å². The number of fused-ring (bicyclic) bond motifs is 2. The summed E-state index contributed by atoms with van der Waals surface area (Å²) in [6.45, 7) is 0. The van der Waals surface area contributed by atoms with Crippen molar-refractivity contribution in [2.24, 2.45) is 5.92 Å². The van der Waals surface area contributed by atoms with E-state index in [0.29, 0.717) is 6.04 Å². The lowest BCUT2D eigenvalue weighted by Crippen LogP contribution is -2.51. The van der Waals surface area contributed by atoms with Crippen molar-refractivity contribution in [3.63, 3.8) is 0 Å². The monoisotopic (exact) mass is 306 g/mol. The summed E-state index contributed by atoms with van der Waals surface area (Å²) >= 11 is 0. The van der Waals surface area contributed by atoms with Crippen molar-refractivity contribution in [1.82, 2.24) is 9.96 Å². The fourth-order valence-corrected chi connectivity index (χ4v) is 4.16. The summed E-state index contributed by atoms with van der Waals surface area (Å²) in [6, 6.07) is 7.35. The summed E-state index contributed by atoms with van der Waals surface area (Å²) in [4.78, 5) is 20.3. The van der Waals surface area contributed by atoms with Gasteiger partial charge in [0, 0.05) is 19.1 Å². The van der Waals surface area contributed by atoms with E-state index in [1.807, 2.05) is 12.1 Å². The average Bonchev–Trinajstić information content (AvgIpc) is 2.76. The molecule has 2 saturated heterocycles. The molecule has 0 aliphatic carbocycles. The SMILES string of the molecule is CON(C)C(=O)[C@H]1[C@@H](c2ccc(F)cc2)C[C@@H]2CC[C@H]1N2C. The quantitative estimate of drug-likeness (QED) is 0.804. The zero-order valence-corrected chi connectivity index (χ0v) is 13.3. The molecule has 0 radical (unpaired) electrons. The molecule has 2 fully saturated rings. The summed E-state index contributed by atoms with van der Waals surface area (Å²) in [5, 5.41) is 1.33. The smallest absolute Gasteiger partial charge is 0.251 e. The van der Waals surface area contributed by atoms with Crippen LogP contribution in [0.5, 0.6) is 0 Å². The van der Waals surface area contributed by atoms with Gasteiger partial charge >= 0.3 is 0 Å². The van der Waals surface area contributed by atoms with E-state index in [2.05, 4.69) is 11.9 Å². The molecule has 0 N–H and O–H groups in total. The lowest BCUT2D eigenvalue weighted by atomic mass is 9.75. The van der Waals surface area contributed by atoms with Crippen LogP contribution in [-0.4, -0.2) is 49.2 Å². The van der Waals surface area contributed by atoms with Crippen LogP contribution in [-0.2, 0) is 9.63 Å². The summed E-state index contributed by atoms with van der Waals surface area (Å²) in [5.41, 5.74) is 1.05. The summed E-state index contributed by atoms with van der Waals surface area (Å²) in [6.07, 6.45) is 3.10. The number of hydrogen-bond donors (Lipinski definition) is 0. The first-order valence-corrected chi connectivity index (χ1v) is 7.82. The topological polar surface area (TPSA) is 32.8 Å². The Morgan fingerprint density at radius 2 is 2.00 bits per heavy atom. The van der Waals surface area contributed by atoms with E-state index >= 15 is 0 Å². The second kappa shape index (κ2) is 5.97. The van der Waals surface area contributed by atoms with Crippen LogP contribution < -0.4 is 0 Å². The van der Waals surface area contributed by atoms with E-state index in [1.165, 1.54) is 24.3 Å². The lowest BCUT2D eigenvalue weighted by molar-refractivity contribution is -0.177. The van der Waals surface area contributed by atoms with Crippen LogP contribution >= 0.6 is 0 Å². The molecule has 22 heavy (non-hydrogen) atoms. The number of halogens is 1. The molecule has 2 aliphatic rings. The number of piperidine rings is 1. The second-order valence-electron chi connectivity index (χ2n) is 6.40. The van der Waals surface area contributed by atoms with E-state index in [1.54, 1.807) is 7.05 Å². The van der Waals surface area contributed by atoms with Crippen molar-refractivity contribution in [3.05, 3.63) is 35.6 Å². The molecule has 3 rings (SSSR count). The highest BCUT2D eigenvalue weighted by molar-refractivity contribution is 5.80. The molecule has 0 spiro atoms.